The Labute approximate surface area is 118 Å². The van der Waals surface area contributed by atoms with E-state index in [2.05, 4.69) is 5.32 Å². The number of carboxylic acid groups (broad SMARTS) is 1. The predicted octanol–water partition coefficient (Wildman–Crippen LogP) is 0.470. The number of nitrogens with zero attached hydrogens (tertiary/aromatic N) is 1. The van der Waals surface area contributed by atoms with Crippen molar-refractivity contribution in [2.45, 2.75) is 39.2 Å². The number of hydrogen-bond donors (Lipinski definition) is 2. The van der Waals surface area contributed by atoms with Crippen LogP contribution in [0.1, 0.15) is 33.6 Å². The Morgan fingerprint density at radius 3 is 2.50 bits per heavy atom. The van der Waals surface area contributed by atoms with E-state index in [0.717, 1.165) is 0 Å². The van der Waals surface area contributed by atoms with Gasteiger partial charge in [0.15, 0.2) is 0 Å². The summed E-state index contributed by atoms with van der Waals surface area (Å²) in [6.07, 6.45) is 1.12. The smallest absolute Gasteiger partial charge is 0.307 e. The molecule has 2 aliphatic rings. The molecule has 0 aromatic carbocycles. The summed E-state index contributed by atoms with van der Waals surface area (Å²) in [5.74, 6) is -2.19. The van der Waals surface area contributed by atoms with Gasteiger partial charge in [0.2, 0.25) is 11.8 Å². The highest BCUT2D eigenvalue weighted by Crippen LogP contribution is 2.38. The lowest BCUT2D eigenvalue weighted by Gasteiger charge is -2.42. The first-order valence-corrected chi connectivity index (χ1v) is 7.07. The highest BCUT2D eigenvalue weighted by Gasteiger charge is 2.48. The second-order valence-corrected chi connectivity index (χ2v) is 6.43. The molecule has 0 aromatic rings. The van der Waals surface area contributed by atoms with Crippen LogP contribution >= 0.6 is 0 Å². The monoisotopic (exact) mass is 282 g/mol. The Hall–Kier alpha value is -1.59. The van der Waals surface area contributed by atoms with Crippen molar-refractivity contribution in [1.82, 2.24) is 10.2 Å². The van der Waals surface area contributed by atoms with Crippen molar-refractivity contribution >= 4 is 17.8 Å². The molecular weight excluding hydrogens is 260 g/mol. The van der Waals surface area contributed by atoms with Gasteiger partial charge in [-0.15, -0.1) is 0 Å². The van der Waals surface area contributed by atoms with Crippen molar-refractivity contribution in [2.75, 3.05) is 13.1 Å². The van der Waals surface area contributed by atoms with Crippen LogP contribution in [0.3, 0.4) is 0 Å². The van der Waals surface area contributed by atoms with Gasteiger partial charge in [0.1, 0.15) is 5.54 Å². The number of carbonyl (C=O) groups is 3. The van der Waals surface area contributed by atoms with Crippen molar-refractivity contribution in [2.24, 2.45) is 17.8 Å². The highest BCUT2D eigenvalue weighted by molar-refractivity contribution is 5.94. The molecule has 0 radical (unpaired) electrons. The zero-order chi connectivity index (χ0) is 15.1. The molecule has 1 aliphatic heterocycles. The van der Waals surface area contributed by atoms with E-state index >= 15 is 0 Å². The molecule has 1 unspecified atom stereocenters. The van der Waals surface area contributed by atoms with Gasteiger partial charge in [0, 0.05) is 13.1 Å². The van der Waals surface area contributed by atoms with Crippen LogP contribution in [0.25, 0.3) is 0 Å². The van der Waals surface area contributed by atoms with Gasteiger partial charge in [0.25, 0.3) is 0 Å². The van der Waals surface area contributed by atoms with Crippen molar-refractivity contribution in [3.05, 3.63) is 0 Å². The molecule has 112 valence electrons. The van der Waals surface area contributed by atoms with Crippen LogP contribution in [0.4, 0.5) is 0 Å². The van der Waals surface area contributed by atoms with Crippen LogP contribution in [-0.4, -0.2) is 46.4 Å². The summed E-state index contributed by atoms with van der Waals surface area (Å²) in [7, 11) is 0. The van der Waals surface area contributed by atoms with Gasteiger partial charge in [-0.2, -0.15) is 0 Å². The summed E-state index contributed by atoms with van der Waals surface area (Å²) in [4.78, 5) is 37.5. The largest absolute Gasteiger partial charge is 0.481 e. The molecule has 1 saturated heterocycles. The van der Waals surface area contributed by atoms with E-state index in [1.807, 2.05) is 6.92 Å². The Bertz CT molecular complexity index is 446. The van der Waals surface area contributed by atoms with E-state index in [9.17, 15) is 19.5 Å². The van der Waals surface area contributed by atoms with E-state index in [1.54, 1.807) is 18.7 Å². The Kier molecular flexibility index (Phi) is 3.75. The fraction of sp³-hybridized carbons (Fsp3) is 0.786. The lowest BCUT2D eigenvalue weighted by Crippen LogP contribution is -2.64. The first-order chi connectivity index (χ1) is 9.25. The summed E-state index contributed by atoms with van der Waals surface area (Å²) in [5.41, 5.74) is -0.912. The minimum Gasteiger partial charge on any atom is -0.481 e. The average molecular weight is 282 g/mol. The van der Waals surface area contributed by atoms with E-state index in [4.69, 9.17) is 0 Å². The number of nitrogens with one attached hydrogen (secondary N) is 1. The van der Waals surface area contributed by atoms with E-state index < -0.39 is 23.3 Å². The third-order valence-corrected chi connectivity index (χ3v) is 4.55. The third-order valence-electron chi connectivity index (χ3n) is 4.55. The quantitative estimate of drug-likeness (QED) is 0.771. The van der Waals surface area contributed by atoms with Gasteiger partial charge in [-0.05, 0) is 32.6 Å². The molecule has 2 rings (SSSR count). The normalized spacial score (nSPS) is 32.9. The minimum absolute atomic E-state index is 0.185. The number of piperazine rings is 1. The predicted molar refractivity (Wildman–Crippen MR) is 71.8 cm³/mol. The van der Waals surface area contributed by atoms with E-state index in [1.165, 1.54) is 0 Å². The number of carboxylic acids is 1. The molecule has 0 bridgehead atoms. The topological polar surface area (TPSA) is 86.7 Å². The molecule has 6 nitrogen and oxygen atoms in total. The Morgan fingerprint density at radius 2 is 1.90 bits per heavy atom. The maximum absolute atomic E-state index is 12.7. The van der Waals surface area contributed by atoms with Crippen LogP contribution in [0.5, 0.6) is 0 Å². The third kappa shape index (κ3) is 2.39. The summed E-state index contributed by atoms with van der Waals surface area (Å²) in [6, 6.07) is 0. The van der Waals surface area contributed by atoms with Crippen molar-refractivity contribution < 1.29 is 19.5 Å². The van der Waals surface area contributed by atoms with E-state index in [0.29, 0.717) is 25.9 Å². The van der Waals surface area contributed by atoms with Crippen LogP contribution in [-0.2, 0) is 14.4 Å². The van der Waals surface area contributed by atoms with Crippen molar-refractivity contribution in [1.29, 1.82) is 0 Å². The van der Waals surface area contributed by atoms with Crippen LogP contribution in [0, 0.1) is 17.8 Å². The maximum Gasteiger partial charge on any atom is 0.307 e. The summed E-state index contributed by atoms with van der Waals surface area (Å²) in [6.45, 7) is 6.24. The molecule has 6 heteroatoms. The second kappa shape index (κ2) is 5.07. The Morgan fingerprint density at radius 1 is 1.30 bits per heavy atom. The summed E-state index contributed by atoms with van der Waals surface area (Å²) < 4.78 is 0. The van der Waals surface area contributed by atoms with Gasteiger partial charge in [0.05, 0.1) is 11.8 Å². The molecule has 1 heterocycles. The zero-order valence-electron chi connectivity index (χ0n) is 12.2. The number of aliphatic carboxylic acids is 1. The molecule has 1 aliphatic carbocycles. The van der Waals surface area contributed by atoms with Gasteiger partial charge in [-0.1, -0.05) is 6.92 Å². The molecule has 2 fully saturated rings. The Balaban J connectivity index is 2.22. The fourth-order valence-electron chi connectivity index (χ4n) is 3.32. The minimum atomic E-state index is -0.912. The SMILES string of the molecule is CC1C[C@H](C(=O)N2CCNC(=O)C2(C)C)[C@H](C(=O)O)C1. The second-order valence-electron chi connectivity index (χ2n) is 6.43. The van der Waals surface area contributed by atoms with E-state index in [-0.39, 0.29) is 17.7 Å². The number of amides is 2. The molecule has 0 spiro atoms. The molecule has 3 atom stereocenters. The number of hydrogen-bond acceptors (Lipinski definition) is 3. The maximum atomic E-state index is 12.7. The lowest BCUT2D eigenvalue weighted by atomic mass is 9.90. The lowest BCUT2D eigenvalue weighted by molar-refractivity contribution is -0.156. The molecule has 2 N–H and O–H groups in total. The summed E-state index contributed by atoms with van der Waals surface area (Å²) >= 11 is 0. The molecule has 1 saturated carbocycles. The standard InChI is InChI=1S/C14H22N2O4/c1-8-6-9(10(7-8)12(18)19)11(17)16-5-4-15-13(20)14(16,2)3/h8-10H,4-7H2,1-3H3,(H,15,20)(H,18,19)/t8?,9-,10+/m0/s1. The van der Waals surface area contributed by atoms with Gasteiger partial charge in [-0.3, -0.25) is 14.4 Å². The number of rotatable bonds is 2. The van der Waals surface area contributed by atoms with Gasteiger partial charge in [-0.25, -0.2) is 0 Å². The van der Waals surface area contributed by atoms with Crippen molar-refractivity contribution in [3.8, 4) is 0 Å². The fourth-order valence-corrected chi connectivity index (χ4v) is 3.32. The summed E-state index contributed by atoms with van der Waals surface area (Å²) in [5, 5.41) is 12.0. The first kappa shape index (κ1) is 14.8. The molecular formula is C14H22N2O4. The molecule has 20 heavy (non-hydrogen) atoms. The van der Waals surface area contributed by atoms with Crippen molar-refractivity contribution in [3.63, 3.8) is 0 Å². The average Bonchev–Trinajstić information content (AvgIpc) is 2.74. The van der Waals surface area contributed by atoms with Crippen LogP contribution in [0.15, 0.2) is 0 Å². The van der Waals surface area contributed by atoms with Gasteiger partial charge >= 0.3 is 5.97 Å². The van der Waals surface area contributed by atoms with Crippen LogP contribution in [0.2, 0.25) is 0 Å². The number of carbonyl (C=O) groups excluding carboxylic acids is 2. The van der Waals surface area contributed by atoms with Crippen LogP contribution < -0.4 is 5.32 Å². The first-order valence-electron chi connectivity index (χ1n) is 7.07. The highest BCUT2D eigenvalue weighted by atomic mass is 16.4. The zero-order valence-corrected chi connectivity index (χ0v) is 12.2. The van der Waals surface area contributed by atoms with Gasteiger partial charge < -0.3 is 15.3 Å². The molecule has 2 amide bonds. The molecule has 0 aromatic heterocycles.